The number of anilines is 2. The molecule has 0 saturated carbocycles. The first kappa shape index (κ1) is 25.4. The van der Waals surface area contributed by atoms with Gasteiger partial charge in [0.05, 0.1) is 29.1 Å². The Balaban J connectivity index is 2.00. The number of benzene rings is 1. The molecule has 1 aromatic carbocycles. The van der Waals surface area contributed by atoms with Gasteiger partial charge in [-0.3, -0.25) is 9.59 Å². The number of alkyl halides is 3. The Morgan fingerprint density at radius 1 is 1.24 bits per heavy atom. The molecule has 1 fully saturated rings. The van der Waals surface area contributed by atoms with Crippen molar-refractivity contribution < 1.29 is 35.9 Å². The van der Waals surface area contributed by atoms with Gasteiger partial charge in [0.2, 0.25) is 10.0 Å². The zero-order valence-electron chi connectivity index (χ0n) is 18.1. The lowest BCUT2D eigenvalue weighted by Crippen LogP contribution is -2.34. The summed E-state index contributed by atoms with van der Waals surface area (Å²) in [5.41, 5.74) is -1.48. The molecule has 9 nitrogen and oxygen atoms in total. The highest BCUT2D eigenvalue weighted by Gasteiger charge is 2.34. The lowest BCUT2D eigenvalue weighted by atomic mass is 10.0. The van der Waals surface area contributed by atoms with E-state index in [4.69, 9.17) is 9.88 Å². The third kappa shape index (κ3) is 6.03. The summed E-state index contributed by atoms with van der Waals surface area (Å²) >= 11 is 0. The molecule has 184 valence electrons. The van der Waals surface area contributed by atoms with Crippen molar-refractivity contribution in [1.82, 2.24) is 4.98 Å². The number of amides is 1. The number of ether oxygens (including phenoxy) is 1. The number of nitrogens with two attached hydrogens (primary N) is 1. The third-order valence-corrected chi connectivity index (χ3v) is 6.28. The van der Waals surface area contributed by atoms with Gasteiger partial charge >= 0.3 is 12.1 Å². The van der Waals surface area contributed by atoms with E-state index in [1.54, 1.807) is 4.90 Å². The first-order valence-electron chi connectivity index (χ1n) is 10.2. The molecule has 1 amide bonds. The maximum absolute atomic E-state index is 13.4. The van der Waals surface area contributed by atoms with Gasteiger partial charge < -0.3 is 15.0 Å². The van der Waals surface area contributed by atoms with Crippen LogP contribution in [-0.2, 0) is 25.7 Å². The summed E-state index contributed by atoms with van der Waals surface area (Å²) in [5.74, 6) is -1.94. The van der Waals surface area contributed by atoms with Crippen LogP contribution in [0.1, 0.15) is 35.2 Å². The Bertz CT molecular complexity index is 1190. The summed E-state index contributed by atoms with van der Waals surface area (Å²) in [6.07, 6.45) is -2.26. The maximum Gasteiger partial charge on any atom is 0.417 e. The van der Waals surface area contributed by atoms with Gasteiger partial charge in [0.1, 0.15) is 5.82 Å². The van der Waals surface area contributed by atoms with Gasteiger partial charge in [-0.2, -0.15) is 13.2 Å². The summed E-state index contributed by atoms with van der Waals surface area (Å²) in [5, 5.41) is 7.51. The predicted octanol–water partition coefficient (Wildman–Crippen LogP) is 2.78. The second kappa shape index (κ2) is 9.97. The molecule has 34 heavy (non-hydrogen) atoms. The Morgan fingerprint density at radius 2 is 1.97 bits per heavy atom. The van der Waals surface area contributed by atoms with Crippen LogP contribution >= 0.6 is 0 Å². The highest BCUT2D eigenvalue weighted by atomic mass is 32.2. The molecule has 0 radical (unpaired) electrons. The number of nitrogens with one attached hydrogen (secondary N) is 1. The zero-order chi connectivity index (χ0) is 25.1. The van der Waals surface area contributed by atoms with Crippen LogP contribution in [0.2, 0.25) is 0 Å². The first-order valence-corrected chi connectivity index (χ1v) is 11.8. The van der Waals surface area contributed by atoms with Gasteiger partial charge in [0.25, 0.3) is 5.91 Å². The Labute approximate surface area is 194 Å². The van der Waals surface area contributed by atoms with E-state index in [2.05, 4.69) is 10.3 Å². The van der Waals surface area contributed by atoms with Crippen molar-refractivity contribution in [2.24, 2.45) is 11.1 Å². The SMILES string of the molecule is COC(=O)C1CCCCN(c2ncc(C(F)(F)F)cc2C(=O)Nc2cccc(S(N)(=O)=O)c2)C1. The second-order valence-electron chi connectivity index (χ2n) is 7.78. The van der Waals surface area contributed by atoms with E-state index in [1.807, 2.05) is 0 Å². The molecule has 3 N–H and O–H groups in total. The van der Waals surface area contributed by atoms with Crippen LogP contribution in [0.25, 0.3) is 0 Å². The molecule has 2 heterocycles. The number of carbonyl (C=O) groups excluding carboxylic acids is 2. The average Bonchev–Trinajstić information content (AvgIpc) is 3.03. The molecule has 3 rings (SSSR count). The number of aromatic nitrogens is 1. The summed E-state index contributed by atoms with van der Waals surface area (Å²) in [6.45, 7) is 0.485. The molecule has 1 aromatic heterocycles. The largest absolute Gasteiger partial charge is 0.469 e. The fraction of sp³-hybridized carbons (Fsp3) is 0.381. The number of sulfonamides is 1. The minimum Gasteiger partial charge on any atom is -0.469 e. The van der Waals surface area contributed by atoms with Crippen molar-refractivity contribution in [2.75, 3.05) is 30.4 Å². The number of nitrogens with zero attached hydrogens (tertiary/aromatic N) is 2. The number of primary sulfonamides is 1. The van der Waals surface area contributed by atoms with Gasteiger partial charge in [-0.05, 0) is 37.1 Å². The number of hydrogen-bond acceptors (Lipinski definition) is 7. The highest BCUT2D eigenvalue weighted by Crippen LogP contribution is 2.33. The van der Waals surface area contributed by atoms with Gasteiger partial charge in [-0.25, -0.2) is 18.5 Å². The molecular weight excluding hydrogens is 477 g/mol. The van der Waals surface area contributed by atoms with Crippen molar-refractivity contribution in [3.63, 3.8) is 0 Å². The van der Waals surface area contributed by atoms with Crippen LogP contribution in [0.3, 0.4) is 0 Å². The molecule has 1 atom stereocenters. The maximum atomic E-state index is 13.4. The molecule has 13 heteroatoms. The number of pyridine rings is 1. The molecule has 1 saturated heterocycles. The number of methoxy groups -OCH3 is 1. The lowest BCUT2D eigenvalue weighted by molar-refractivity contribution is -0.145. The molecule has 2 aromatic rings. The molecule has 0 spiro atoms. The molecule has 1 unspecified atom stereocenters. The van der Waals surface area contributed by atoms with Gasteiger partial charge in [0, 0.05) is 25.0 Å². The van der Waals surface area contributed by atoms with Crippen molar-refractivity contribution in [1.29, 1.82) is 0 Å². The minimum absolute atomic E-state index is 0.0168. The van der Waals surface area contributed by atoms with E-state index in [1.165, 1.54) is 25.3 Å². The topological polar surface area (TPSA) is 132 Å². The second-order valence-corrected chi connectivity index (χ2v) is 9.34. The van der Waals surface area contributed by atoms with E-state index in [9.17, 15) is 31.2 Å². The fourth-order valence-electron chi connectivity index (χ4n) is 3.67. The monoisotopic (exact) mass is 500 g/mol. The Morgan fingerprint density at radius 3 is 2.62 bits per heavy atom. The number of halogens is 3. The molecule has 1 aliphatic rings. The van der Waals surface area contributed by atoms with Crippen LogP contribution in [0.5, 0.6) is 0 Å². The smallest absolute Gasteiger partial charge is 0.417 e. The molecule has 0 bridgehead atoms. The number of carbonyl (C=O) groups is 2. The van der Waals surface area contributed by atoms with E-state index in [0.29, 0.717) is 38.1 Å². The Kier molecular flexibility index (Phi) is 7.46. The molecule has 1 aliphatic heterocycles. The summed E-state index contributed by atoms with van der Waals surface area (Å²) in [6, 6.07) is 5.68. The van der Waals surface area contributed by atoms with E-state index >= 15 is 0 Å². The average molecular weight is 500 g/mol. The first-order chi connectivity index (χ1) is 15.9. The van der Waals surface area contributed by atoms with Crippen LogP contribution in [0.15, 0.2) is 41.4 Å². The van der Waals surface area contributed by atoms with E-state index in [0.717, 1.165) is 6.07 Å². The predicted molar refractivity (Wildman–Crippen MR) is 117 cm³/mol. The number of hydrogen-bond donors (Lipinski definition) is 2. The minimum atomic E-state index is -4.75. The van der Waals surface area contributed by atoms with Crippen molar-refractivity contribution >= 4 is 33.4 Å². The lowest BCUT2D eigenvalue weighted by Gasteiger charge is -2.26. The van der Waals surface area contributed by atoms with Crippen molar-refractivity contribution in [3.8, 4) is 0 Å². The number of esters is 1. The number of rotatable bonds is 5. The Hall–Kier alpha value is -3.19. The normalized spacial score (nSPS) is 17.1. The third-order valence-electron chi connectivity index (χ3n) is 5.36. The van der Waals surface area contributed by atoms with Crippen LogP contribution in [-0.4, -0.2) is 45.5 Å². The van der Waals surface area contributed by atoms with Crippen LogP contribution in [0.4, 0.5) is 24.7 Å². The quantitative estimate of drug-likeness (QED) is 0.604. The van der Waals surface area contributed by atoms with E-state index < -0.39 is 39.6 Å². The van der Waals surface area contributed by atoms with Gasteiger partial charge in [-0.15, -0.1) is 0 Å². The fourth-order valence-corrected chi connectivity index (χ4v) is 4.23. The van der Waals surface area contributed by atoms with Crippen molar-refractivity contribution in [3.05, 3.63) is 47.7 Å². The molecular formula is C21H23F3N4O5S. The summed E-state index contributed by atoms with van der Waals surface area (Å²) in [4.78, 5) is 30.4. The van der Waals surface area contributed by atoms with E-state index in [-0.39, 0.29) is 28.5 Å². The standard InChI is InChI=1S/C21H23F3N4O5S/c1-33-20(30)13-5-2-3-8-28(12-13)18-17(9-14(11-26-18)21(22,23)24)19(29)27-15-6-4-7-16(10-15)34(25,31)32/h4,6-7,9-11,13H,2-3,5,8,12H2,1H3,(H,27,29)(H2,25,31,32). The van der Waals surface area contributed by atoms with Gasteiger partial charge in [-0.1, -0.05) is 12.5 Å². The molecule has 0 aliphatic carbocycles. The highest BCUT2D eigenvalue weighted by molar-refractivity contribution is 7.89. The zero-order valence-corrected chi connectivity index (χ0v) is 18.9. The summed E-state index contributed by atoms with van der Waals surface area (Å²) in [7, 11) is -2.81. The van der Waals surface area contributed by atoms with Crippen LogP contribution in [0, 0.1) is 5.92 Å². The summed E-state index contributed by atoms with van der Waals surface area (Å²) < 4.78 is 68.1. The van der Waals surface area contributed by atoms with Crippen molar-refractivity contribution in [2.45, 2.75) is 30.3 Å². The van der Waals surface area contributed by atoms with Crippen LogP contribution < -0.4 is 15.4 Å². The van der Waals surface area contributed by atoms with Gasteiger partial charge in [0.15, 0.2) is 0 Å².